The first kappa shape index (κ1) is 19.5. The fourth-order valence-corrected chi connectivity index (χ4v) is 6.21. The third-order valence-corrected chi connectivity index (χ3v) is 7.69. The molecule has 5 atom stereocenters. The van der Waals surface area contributed by atoms with Crippen LogP contribution in [-0.4, -0.2) is 18.0 Å². The van der Waals surface area contributed by atoms with E-state index in [2.05, 4.69) is 19.1 Å². The van der Waals surface area contributed by atoms with E-state index in [-0.39, 0.29) is 23.5 Å². The van der Waals surface area contributed by atoms with Crippen molar-refractivity contribution >= 4 is 11.9 Å². The quantitative estimate of drug-likeness (QED) is 0.530. The first-order valence-corrected chi connectivity index (χ1v) is 11.0. The van der Waals surface area contributed by atoms with Crippen molar-refractivity contribution in [3.8, 4) is 5.75 Å². The minimum Gasteiger partial charge on any atom is -0.462 e. The number of esters is 2. The average molecular weight is 385 g/mol. The van der Waals surface area contributed by atoms with Crippen LogP contribution in [0.5, 0.6) is 5.75 Å². The summed E-state index contributed by atoms with van der Waals surface area (Å²) >= 11 is 0. The van der Waals surface area contributed by atoms with Crippen molar-refractivity contribution in [1.29, 1.82) is 0 Å². The van der Waals surface area contributed by atoms with Crippen molar-refractivity contribution in [2.24, 2.45) is 17.3 Å². The molecule has 0 unspecified atom stereocenters. The number of aryl methyl sites for hydroxylation is 1. The summed E-state index contributed by atoms with van der Waals surface area (Å²) in [5.74, 6) is 2.32. The Labute approximate surface area is 168 Å². The van der Waals surface area contributed by atoms with E-state index in [9.17, 15) is 9.59 Å². The smallest absolute Gasteiger partial charge is 0.310 e. The van der Waals surface area contributed by atoms with Crippen LogP contribution in [0, 0.1) is 17.3 Å². The normalized spacial score (nSPS) is 33.4. The van der Waals surface area contributed by atoms with Crippen molar-refractivity contribution < 1.29 is 19.1 Å². The lowest BCUT2D eigenvalue weighted by Gasteiger charge is -2.50. The van der Waals surface area contributed by atoms with Gasteiger partial charge < -0.3 is 9.47 Å². The molecule has 0 aromatic heterocycles. The Morgan fingerprint density at radius 2 is 1.86 bits per heavy atom. The van der Waals surface area contributed by atoms with Crippen molar-refractivity contribution in [2.75, 3.05) is 0 Å². The standard InChI is InChI=1S/C24H32O4/c1-4-22(25)27-16-7-9-17-15(14-16)6-8-19-18(17)12-13-24(3)20(19)10-11-21(24)28-23(26)5-2/h7,9,14,18-21H,4-6,8,10-13H2,1-3H3/t18-,19-,20-,21+,24-/m1/s1. The number of hydrogen-bond acceptors (Lipinski definition) is 4. The zero-order valence-corrected chi connectivity index (χ0v) is 17.3. The average Bonchev–Trinajstić information content (AvgIpc) is 3.03. The molecule has 3 aliphatic rings. The summed E-state index contributed by atoms with van der Waals surface area (Å²) in [6, 6.07) is 6.23. The van der Waals surface area contributed by atoms with Gasteiger partial charge in [0, 0.05) is 18.3 Å². The number of ether oxygens (including phenoxy) is 2. The second-order valence-corrected chi connectivity index (χ2v) is 9.06. The summed E-state index contributed by atoms with van der Waals surface area (Å²) in [5.41, 5.74) is 2.92. The van der Waals surface area contributed by atoms with Gasteiger partial charge in [-0.15, -0.1) is 0 Å². The third-order valence-electron chi connectivity index (χ3n) is 7.69. The molecule has 4 nitrogen and oxygen atoms in total. The second kappa shape index (κ2) is 7.53. The lowest BCUT2D eigenvalue weighted by atomic mass is 9.55. The van der Waals surface area contributed by atoms with E-state index in [1.807, 2.05) is 19.9 Å². The molecule has 0 spiro atoms. The number of fused-ring (bicyclic) bond motifs is 5. The molecule has 2 fully saturated rings. The van der Waals surface area contributed by atoms with Gasteiger partial charge in [0.1, 0.15) is 11.9 Å². The number of carbonyl (C=O) groups excluding carboxylic acids is 2. The van der Waals surface area contributed by atoms with E-state index in [1.54, 1.807) is 0 Å². The third kappa shape index (κ3) is 3.25. The molecule has 0 aliphatic heterocycles. The molecule has 3 aliphatic carbocycles. The summed E-state index contributed by atoms with van der Waals surface area (Å²) in [5, 5.41) is 0. The number of benzene rings is 1. The van der Waals surface area contributed by atoms with Crippen LogP contribution in [0.3, 0.4) is 0 Å². The van der Waals surface area contributed by atoms with Crippen molar-refractivity contribution in [3.63, 3.8) is 0 Å². The highest BCUT2D eigenvalue weighted by Gasteiger charge is 2.56. The fourth-order valence-electron chi connectivity index (χ4n) is 6.21. The zero-order chi connectivity index (χ0) is 19.9. The maximum Gasteiger partial charge on any atom is 0.310 e. The molecule has 0 amide bonds. The van der Waals surface area contributed by atoms with Gasteiger partial charge in [-0.1, -0.05) is 26.8 Å². The summed E-state index contributed by atoms with van der Waals surface area (Å²) in [7, 11) is 0. The molecule has 4 rings (SSSR count). The molecule has 0 radical (unpaired) electrons. The molecular weight excluding hydrogens is 352 g/mol. The van der Waals surface area contributed by atoms with Crippen LogP contribution in [0.2, 0.25) is 0 Å². The van der Waals surface area contributed by atoms with E-state index < -0.39 is 0 Å². The summed E-state index contributed by atoms with van der Waals surface area (Å²) in [4.78, 5) is 23.5. The van der Waals surface area contributed by atoms with Gasteiger partial charge in [0.25, 0.3) is 0 Å². The lowest BCUT2D eigenvalue weighted by molar-refractivity contribution is -0.157. The number of carbonyl (C=O) groups is 2. The van der Waals surface area contributed by atoms with Gasteiger partial charge in [0.05, 0.1) is 0 Å². The maximum atomic E-state index is 11.9. The molecule has 0 N–H and O–H groups in total. The second-order valence-electron chi connectivity index (χ2n) is 9.06. The molecule has 2 saturated carbocycles. The van der Waals surface area contributed by atoms with Crippen LogP contribution in [0.25, 0.3) is 0 Å². The molecule has 0 bridgehead atoms. The monoisotopic (exact) mass is 384 g/mol. The van der Waals surface area contributed by atoms with Crippen LogP contribution in [-0.2, 0) is 20.7 Å². The predicted octanol–water partition coefficient (Wildman–Crippen LogP) is 5.18. The number of hydrogen-bond donors (Lipinski definition) is 0. The topological polar surface area (TPSA) is 52.6 Å². The molecule has 1 aromatic rings. The minimum atomic E-state index is -0.180. The van der Waals surface area contributed by atoms with Gasteiger partial charge in [0.2, 0.25) is 0 Å². The Bertz CT molecular complexity index is 770. The van der Waals surface area contributed by atoms with Gasteiger partial charge in [0.15, 0.2) is 0 Å². The lowest BCUT2D eigenvalue weighted by Crippen LogP contribution is -2.45. The van der Waals surface area contributed by atoms with Crippen molar-refractivity contribution in [3.05, 3.63) is 29.3 Å². The van der Waals surface area contributed by atoms with Gasteiger partial charge >= 0.3 is 11.9 Å². The van der Waals surface area contributed by atoms with Crippen molar-refractivity contribution in [2.45, 2.75) is 84.2 Å². The van der Waals surface area contributed by atoms with Crippen molar-refractivity contribution in [1.82, 2.24) is 0 Å². The summed E-state index contributed by atoms with van der Waals surface area (Å²) in [6.07, 6.45) is 7.61. The molecule has 4 heteroatoms. The maximum absolute atomic E-state index is 11.9. The van der Waals surface area contributed by atoms with Crippen LogP contribution in [0.15, 0.2) is 18.2 Å². The predicted molar refractivity (Wildman–Crippen MR) is 107 cm³/mol. The van der Waals surface area contributed by atoms with Crippen LogP contribution >= 0.6 is 0 Å². The van der Waals surface area contributed by atoms with Crippen LogP contribution in [0.4, 0.5) is 0 Å². The van der Waals surface area contributed by atoms with E-state index in [0.717, 1.165) is 25.7 Å². The zero-order valence-electron chi connectivity index (χ0n) is 17.3. The Morgan fingerprint density at radius 3 is 2.61 bits per heavy atom. The first-order chi connectivity index (χ1) is 13.5. The number of rotatable bonds is 4. The van der Waals surface area contributed by atoms with E-state index in [1.165, 1.54) is 24.0 Å². The van der Waals surface area contributed by atoms with Crippen LogP contribution < -0.4 is 4.74 Å². The largest absolute Gasteiger partial charge is 0.462 e. The highest BCUT2D eigenvalue weighted by atomic mass is 16.5. The molecule has 152 valence electrons. The van der Waals surface area contributed by atoms with Gasteiger partial charge in [-0.25, -0.2) is 0 Å². The molecule has 0 heterocycles. The Morgan fingerprint density at radius 1 is 1.07 bits per heavy atom. The highest BCUT2D eigenvalue weighted by Crippen LogP contribution is 2.61. The summed E-state index contributed by atoms with van der Waals surface area (Å²) in [6.45, 7) is 6.05. The summed E-state index contributed by atoms with van der Waals surface area (Å²) < 4.78 is 11.3. The molecular formula is C24H32O4. The minimum absolute atomic E-state index is 0.0582. The van der Waals surface area contributed by atoms with E-state index >= 15 is 0 Å². The SMILES string of the molecule is CCC(=O)Oc1ccc2c(c1)CC[C@@H]1[C@@H]2CC[C@@]2(C)[C@@H](OC(=O)CC)CC[C@H]12. The fraction of sp³-hybridized carbons (Fsp3) is 0.667. The van der Waals surface area contributed by atoms with E-state index in [0.29, 0.717) is 36.3 Å². The van der Waals surface area contributed by atoms with Gasteiger partial charge in [-0.3, -0.25) is 9.59 Å². The Hall–Kier alpha value is -1.84. The van der Waals surface area contributed by atoms with Crippen LogP contribution in [0.1, 0.15) is 82.8 Å². The van der Waals surface area contributed by atoms with Gasteiger partial charge in [-0.05, 0) is 79.5 Å². The van der Waals surface area contributed by atoms with Gasteiger partial charge in [-0.2, -0.15) is 0 Å². The first-order valence-electron chi connectivity index (χ1n) is 11.0. The highest BCUT2D eigenvalue weighted by molar-refractivity contribution is 5.72. The molecule has 28 heavy (non-hydrogen) atoms. The Balaban J connectivity index is 1.54. The molecule has 0 saturated heterocycles. The Kier molecular flexibility index (Phi) is 5.24. The molecule has 1 aromatic carbocycles. The van der Waals surface area contributed by atoms with E-state index in [4.69, 9.17) is 9.47 Å².